The van der Waals surface area contributed by atoms with Gasteiger partial charge < -0.3 is 15.5 Å². The van der Waals surface area contributed by atoms with Crippen LogP contribution in [0.3, 0.4) is 0 Å². The molecule has 0 aliphatic carbocycles. The molecule has 0 saturated carbocycles. The molecule has 1 atom stereocenters. The van der Waals surface area contributed by atoms with Crippen LogP contribution in [0.5, 0.6) is 0 Å². The zero-order valence-electron chi connectivity index (χ0n) is 18.8. The third-order valence-corrected chi connectivity index (χ3v) is 6.81. The van der Waals surface area contributed by atoms with Crippen LogP contribution in [0.15, 0.2) is 35.4 Å². The van der Waals surface area contributed by atoms with Crippen LogP contribution in [0.4, 0.5) is 10.8 Å². The average Bonchev–Trinajstić information content (AvgIpc) is 3.26. The lowest BCUT2D eigenvalue weighted by atomic mass is 9.97. The molecule has 4 rings (SSSR count). The molecule has 2 aromatic heterocycles. The van der Waals surface area contributed by atoms with E-state index in [4.69, 9.17) is 0 Å². The topological polar surface area (TPSA) is 109 Å². The van der Waals surface area contributed by atoms with Crippen molar-refractivity contribution < 1.29 is 9.59 Å². The lowest BCUT2D eigenvalue weighted by molar-refractivity contribution is -0.125. The van der Waals surface area contributed by atoms with Crippen LogP contribution in [0.1, 0.15) is 31.7 Å². The highest BCUT2D eigenvalue weighted by Crippen LogP contribution is 2.29. The van der Waals surface area contributed by atoms with Crippen molar-refractivity contribution in [3.05, 3.63) is 46.5 Å². The molecule has 2 N–H and O–H groups in total. The first-order valence-corrected chi connectivity index (χ1v) is 12.0. The number of carbonyl (C=O) groups excluding carboxylic acids is 2. The number of hydrogen-bond donors (Lipinski definition) is 2. The summed E-state index contributed by atoms with van der Waals surface area (Å²) in [4.78, 5) is 48.8. The Labute approximate surface area is 195 Å². The van der Waals surface area contributed by atoms with Crippen LogP contribution < -0.4 is 21.1 Å². The number of benzene rings is 1. The predicted molar refractivity (Wildman–Crippen MR) is 130 cm³/mol. The lowest BCUT2D eigenvalue weighted by Gasteiger charge is -2.31. The second kappa shape index (κ2) is 10.1. The standard InChI is InChI=1S/C23H28N6O3S/c1-3-10-24-21(31)16-8-6-11-28(12-16)23-27-20-19(33-23)22(32)29(14-25-20)13-18(30)26-17-9-5-4-7-15(17)2/h4-5,7,9,14,16H,3,6,8,10-13H2,1-2H3,(H,24,31)(H,26,30)/t16-/m0/s1. The normalized spacial score (nSPS) is 16.1. The van der Waals surface area contributed by atoms with Crippen molar-refractivity contribution in [2.45, 2.75) is 39.7 Å². The number of amides is 2. The molecule has 1 saturated heterocycles. The van der Waals surface area contributed by atoms with Crippen molar-refractivity contribution in [2.75, 3.05) is 29.9 Å². The summed E-state index contributed by atoms with van der Waals surface area (Å²) < 4.78 is 1.71. The Morgan fingerprint density at radius 1 is 1.27 bits per heavy atom. The van der Waals surface area contributed by atoms with Gasteiger partial charge in [0.2, 0.25) is 11.8 Å². The third kappa shape index (κ3) is 5.22. The zero-order chi connectivity index (χ0) is 23.4. The summed E-state index contributed by atoms with van der Waals surface area (Å²) in [6.07, 6.45) is 4.00. The van der Waals surface area contributed by atoms with Crippen molar-refractivity contribution in [3.63, 3.8) is 0 Å². The molecule has 10 heteroatoms. The molecule has 33 heavy (non-hydrogen) atoms. The average molecular weight is 469 g/mol. The van der Waals surface area contributed by atoms with Crippen molar-refractivity contribution >= 4 is 44.3 Å². The minimum atomic E-state index is -0.297. The Kier molecular flexibility index (Phi) is 7.02. The Morgan fingerprint density at radius 2 is 2.09 bits per heavy atom. The number of aromatic nitrogens is 3. The second-order valence-corrected chi connectivity index (χ2v) is 9.24. The maximum atomic E-state index is 13.0. The van der Waals surface area contributed by atoms with Crippen molar-refractivity contribution in [3.8, 4) is 0 Å². The van der Waals surface area contributed by atoms with E-state index in [1.807, 2.05) is 38.1 Å². The number of hydrogen-bond acceptors (Lipinski definition) is 7. The van der Waals surface area contributed by atoms with E-state index >= 15 is 0 Å². The Hall–Kier alpha value is -3.27. The second-order valence-electron chi connectivity index (χ2n) is 8.27. The van der Waals surface area contributed by atoms with Gasteiger partial charge in [0, 0.05) is 25.3 Å². The fourth-order valence-corrected chi connectivity index (χ4v) is 4.90. The van der Waals surface area contributed by atoms with Gasteiger partial charge in [-0.3, -0.25) is 19.0 Å². The largest absolute Gasteiger partial charge is 0.356 e. The summed E-state index contributed by atoms with van der Waals surface area (Å²) in [5.41, 5.74) is 1.74. The summed E-state index contributed by atoms with van der Waals surface area (Å²) >= 11 is 1.27. The van der Waals surface area contributed by atoms with Crippen LogP contribution in [0.25, 0.3) is 10.3 Å². The quantitative estimate of drug-likeness (QED) is 0.552. The Morgan fingerprint density at radius 3 is 2.88 bits per heavy atom. The molecule has 1 aromatic carbocycles. The number of carbonyl (C=O) groups is 2. The SMILES string of the molecule is CCCNC(=O)[C@H]1CCCN(c2nc3ncn(CC(=O)Nc4ccccc4C)c(=O)c3s2)C1. The van der Waals surface area contributed by atoms with Gasteiger partial charge in [-0.25, -0.2) is 4.98 Å². The van der Waals surface area contributed by atoms with E-state index < -0.39 is 0 Å². The first-order valence-electron chi connectivity index (χ1n) is 11.2. The van der Waals surface area contributed by atoms with E-state index in [2.05, 4.69) is 25.5 Å². The fraction of sp³-hybridized carbons (Fsp3) is 0.435. The van der Waals surface area contributed by atoms with Gasteiger partial charge in [-0.2, -0.15) is 4.98 Å². The van der Waals surface area contributed by atoms with Gasteiger partial charge in [0.05, 0.1) is 5.92 Å². The summed E-state index contributed by atoms with van der Waals surface area (Å²) in [5, 5.41) is 6.49. The molecule has 3 aromatic rings. The van der Waals surface area contributed by atoms with Gasteiger partial charge in [0.25, 0.3) is 5.56 Å². The number of piperidine rings is 1. The molecule has 3 heterocycles. The molecular weight excluding hydrogens is 440 g/mol. The number of para-hydroxylation sites is 1. The van der Waals surface area contributed by atoms with E-state index in [1.54, 1.807) is 0 Å². The zero-order valence-corrected chi connectivity index (χ0v) is 19.7. The predicted octanol–water partition coefficient (Wildman–Crippen LogP) is 2.54. The minimum Gasteiger partial charge on any atom is -0.356 e. The molecule has 1 aliphatic heterocycles. The molecule has 9 nitrogen and oxygen atoms in total. The summed E-state index contributed by atoms with van der Waals surface area (Å²) in [6.45, 7) is 5.84. The van der Waals surface area contributed by atoms with Gasteiger partial charge in [-0.05, 0) is 37.8 Å². The van der Waals surface area contributed by atoms with Crippen LogP contribution in [-0.2, 0) is 16.1 Å². The number of nitrogens with one attached hydrogen (secondary N) is 2. The van der Waals surface area contributed by atoms with Crippen LogP contribution in [-0.4, -0.2) is 46.0 Å². The lowest BCUT2D eigenvalue weighted by Crippen LogP contribution is -2.43. The van der Waals surface area contributed by atoms with Crippen LogP contribution in [0, 0.1) is 12.8 Å². The van der Waals surface area contributed by atoms with Crippen molar-refractivity contribution in [1.82, 2.24) is 19.9 Å². The summed E-state index contributed by atoms with van der Waals surface area (Å²) in [6, 6.07) is 7.48. The monoisotopic (exact) mass is 468 g/mol. The van der Waals surface area contributed by atoms with Crippen molar-refractivity contribution in [2.24, 2.45) is 5.92 Å². The molecular formula is C23H28N6O3S. The number of fused-ring (bicyclic) bond motifs is 1. The van der Waals surface area contributed by atoms with Gasteiger partial charge >= 0.3 is 0 Å². The van der Waals surface area contributed by atoms with Crippen molar-refractivity contribution in [1.29, 1.82) is 0 Å². The number of rotatable bonds is 7. The van der Waals surface area contributed by atoms with Gasteiger partial charge in [0.15, 0.2) is 10.8 Å². The molecule has 1 aliphatic rings. The Bertz CT molecular complexity index is 1220. The summed E-state index contributed by atoms with van der Waals surface area (Å²) in [5.74, 6) is -0.316. The van der Waals surface area contributed by atoms with E-state index in [9.17, 15) is 14.4 Å². The Balaban J connectivity index is 1.49. The minimum absolute atomic E-state index is 0.0720. The molecule has 174 valence electrons. The van der Waals surface area contributed by atoms with Crippen LogP contribution >= 0.6 is 11.3 Å². The first kappa shape index (κ1) is 22.9. The highest BCUT2D eigenvalue weighted by molar-refractivity contribution is 7.22. The fourth-order valence-electron chi connectivity index (χ4n) is 3.90. The molecule has 2 amide bonds. The summed E-state index contributed by atoms with van der Waals surface area (Å²) in [7, 11) is 0. The maximum absolute atomic E-state index is 13.0. The number of thiazole rings is 1. The molecule has 1 fully saturated rings. The van der Waals surface area contributed by atoms with Gasteiger partial charge in [-0.1, -0.05) is 36.5 Å². The molecule has 0 unspecified atom stereocenters. The maximum Gasteiger partial charge on any atom is 0.273 e. The smallest absolute Gasteiger partial charge is 0.273 e. The highest BCUT2D eigenvalue weighted by Gasteiger charge is 2.27. The van der Waals surface area contributed by atoms with E-state index in [1.165, 1.54) is 22.2 Å². The third-order valence-electron chi connectivity index (χ3n) is 5.72. The van der Waals surface area contributed by atoms with Crippen LogP contribution in [0.2, 0.25) is 0 Å². The van der Waals surface area contributed by atoms with E-state index in [0.29, 0.717) is 34.3 Å². The number of aryl methyl sites for hydroxylation is 1. The molecule has 0 bridgehead atoms. The highest BCUT2D eigenvalue weighted by atomic mass is 32.1. The number of anilines is 2. The van der Waals surface area contributed by atoms with E-state index in [0.717, 1.165) is 31.4 Å². The number of nitrogens with zero attached hydrogens (tertiary/aromatic N) is 4. The molecule has 0 radical (unpaired) electrons. The molecule has 0 spiro atoms. The first-order chi connectivity index (χ1) is 16.0. The van der Waals surface area contributed by atoms with Gasteiger partial charge in [0.1, 0.15) is 17.6 Å². The van der Waals surface area contributed by atoms with E-state index in [-0.39, 0.29) is 29.8 Å². The van der Waals surface area contributed by atoms with Gasteiger partial charge in [-0.15, -0.1) is 0 Å².